The number of benzene rings is 1. The highest BCUT2D eigenvalue weighted by molar-refractivity contribution is 5.79. The number of rotatable bonds is 3. The Morgan fingerprint density at radius 1 is 1.20 bits per heavy atom. The first-order valence-corrected chi connectivity index (χ1v) is 5.42. The number of aryl methyl sites for hydroxylation is 1. The van der Waals surface area contributed by atoms with Crippen LogP contribution in [-0.4, -0.2) is 11.5 Å². The van der Waals surface area contributed by atoms with E-state index < -0.39 is 0 Å². The summed E-state index contributed by atoms with van der Waals surface area (Å²) in [6, 6.07) is 10.6. The van der Waals surface area contributed by atoms with Gasteiger partial charge in [0.15, 0.2) is 0 Å². The fourth-order valence-electron chi connectivity index (χ4n) is 1.72. The fourth-order valence-corrected chi connectivity index (χ4v) is 1.72. The average molecular weight is 200 g/mol. The Kier molecular flexibility index (Phi) is 2.97. The zero-order valence-electron chi connectivity index (χ0n) is 9.03. The van der Waals surface area contributed by atoms with Gasteiger partial charge in [-0.3, -0.25) is 4.98 Å². The van der Waals surface area contributed by atoms with Crippen molar-refractivity contribution in [3.63, 3.8) is 0 Å². The molecular weight excluding hydrogens is 184 g/mol. The van der Waals surface area contributed by atoms with Gasteiger partial charge in [-0.15, -0.1) is 0 Å². The summed E-state index contributed by atoms with van der Waals surface area (Å²) in [4.78, 5) is 4.56. The standard InChI is InChI=1S/C13H16N2/c1-2-10-3-6-13-11(9-10)4-5-12(15-13)7-8-14/h3-6,9H,2,7-8,14H2,1H3. The van der Waals surface area contributed by atoms with Gasteiger partial charge in [0.25, 0.3) is 0 Å². The molecule has 0 atom stereocenters. The number of aromatic nitrogens is 1. The zero-order chi connectivity index (χ0) is 10.7. The largest absolute Gasteiger partial charge is 0.330 e. The molecule has 0 bridgehead atoms. The third kappa shape index (κ3) is 2.16. The highest BCUT2D eigenvalue weighted by Gasteiger charge is 1.98. The van der Waals surface area contributed by atoms with E-state index in [1.807, 2.05) is 0 Å². The summed E-state index contributed by atoms with van der Waals surface area (Å²) in [6.45, 7) is 2.82. The summed E-state index contributed by atoms with van der Waals surface area (Å²) >= 11 is 0. The van der Waals surface area contributed by atoms with Gasteiger partial charge in [-0.05, 0) is 36.7 Å². The third-order valence-corrected chi connectivity index (χ3v) is 2.62. The van der Waals surface area contributed by atoms with Crippen LogP contribution in [0.4, 0.5) is 0 Å². The second-order valence-electron chi connectivity index (χ2n) is 3.72. The first-order valence-electron chi connectivity index (χ1n) is 5.42. The van der Waals surface area contributed by atoms with Crippen molar-refractivity contribution in [2.45, 2.75) is 19.8 Å². The normalized spacial score (nSPS) is 10.8. The Morgan fingerprint density at radius 2 is 2.07 bits per heavy atom. The number of nitrogens with two attached hydrogens (primary N) is 1. The molecule has 2 nitrogen and oxygen atoms in total. The van der Waals surface area contributed by atoms with Crippen molar-refractivity contribution in [1.82, 2.24) is 4.98 Å². The van der Waals surface area contributed by atoms with Crippen molar-refractivity contribution >= 4 is 10.9 Å². The molecule has 0 radical (unpaired) electrons. The third-order valence-electron chi connectivity index (χ3n) is 2.62. The maximum Gasteiger partial charge on any atom is 0.0705 e. The molecule has 2 N–H and O–H groups in total. The first-order chi connectivity index (χ1) is 7.33. The Labute approximate surface area is 90.1 Å². The summed E-state index contributed by atoms with van der Waals surface area (Å²) in [5.74, 6) is 0. The second-order valence-corrected chi connectivity index (χ2v) is 3.72. The molecule has 0 aliphatic carbocycles. The maximum absolute atomic E-state index is 5.51. The van der Waals surface area contributed by atoms with Gasteiger partial charge in [-0.1, -0.05) is 19.1 Å². The van der Waals surface area contributed by atoms with Crippen molar-refractivity contribution in [2.75, 3.05) is 6.54 Å². The van der Waals surface area contributed by atoms with Crippen LogP contribution < -0.4 is 5.73 Å². The minimum absolute atomic E-state index is 0.658. The van der Waals surface area contributed by atoms with Gasteiger partial charge in [-0.2, -0.15) is 0 Å². The Hall–Kier alpha value is -1.41. The van der Waals surface area contributed by atoms with E-state index in [0.717, 1.165) is 24.1 Å². The van der Waals surface area contributed by atoms with Crippen LogP contribution in [-0.2, 0) is 12.8 Å². The van der Waals surface area contributed by atoms with E-state index in [0.29, 0.717) is 6.54 Å². The summed E-state index contributed by atoms with van der Waals surface area (Å²) in [7, 11) is 0. The highest BCUT2D eigenvalue weighted by Crippen LogP contribution is 2.15. The molecule has 2 aromatic rings. The van der Waals surface area contributed by atoms with Gasteiger partial charge in [0.1, 0.15) is 0 Å². The van der Waals surface area contributed by atoms with Crippen molar-refractivity contribution in [2.24, 2.45) is 5.73 Å². The highest BCUT2D eigenvalue weighted by atomic mass is 14.7. The summed E-state index contributed by atoms with van der Waals surface area (Å²) in [5, 5.41) is 1.22. The van der Waals surface area contributed by atoms with Crippen LogP contribution in [0.2, 0.25) is 0 Å². The van der Waals surface area contributed by atoms with Crippen molar-refractivity contribution < 1.29 is 0 Å². The van der Waals surface area contributed by atoms with Crippen LogP contribution in [0.25, 0.3) is 10.9 Å². The number of pyridine rings is 1. The summed E-state index contributed by atoms with van der Waals surface area (Å²) in [6.07, 6.45) is 1.92. The second kappa shape index (κ2) is 4.41. The van der Waals surface area contributed by atoms with E-state index in [1.165, 1.54) is 10.9 Å². The number of hydrogen-bond acceptors (Lipinski definition) is 2. The molecule has 0 fully saturated rings. The summed E-state index contributed by atoms with van der Waals surface area (Å²) in [5.41, 5.74) is 9.01. The van der Waals surface area contributed by atoms with E-state index in [4.69, 9.17) is 5.73 Å². The van der Waals surface area contributed by atoms with E-state index >= 15 is 0 Å². The minimum Gasteiger partial charge on any atom is -0.330 e. The minimum atomic E-state index is 0.658. The quantitative estimate of drug-likeness (QED) is 0.825. The molecule has 0 unspecified atom stereocenters. The molecule has 15 heavy (non-hydrogen) atoms. The molecule has 0 saturated carbocycles. The molecule has 1 heterocycles. The topological polar surface area (TPSA) is 38.9 Å². The molecule has 0 aliphatic heterocycles. The molecule has 0 saturated heterocycles. The van der Waals surface area contributed by atoms with Crippen LogP contribution in [0, 0.1) is 0 Å². The molecule has 0 spiro atoms. The predicted octanol–water partition coefficient (Wildman–Crippen LogP) is 2.30. The lowest BCUT2D eigenvalue weighted by atomic mass is 10.1. The number of fused-ring (bicyclic) bond motifs is 1. The summed E-state index contributed by atoms with van der Waals surface area (Å²) < 4.78 is 0. The number of hydrogen-bond donors (Lipinski definition) is 1. The van der Waals surface area contributed by atoms with Crippen LogP contribution >= 0.6 is 0 Å². The van der Waals surface area contributed by atoms with Crippen molar-refractivity contribution in [1.29, 1.82) is 0 Å². The van der Waals surface area contributed by atoms with E-state index in [2.05, 4.69) is 42.2 Å². The average Bonchev–Trinajstić information content (AvgIpc) is 2.29. The van der Waals surface area contributed by atoms with E-state index in [9.17, 15) is 0 Å². The molecule has 0 amide bonds. The van der Waals surface area contributed by atoms with Crippen LogP contribution in [0.5, 0.6) is 0 Å². The lowest BCUT2D eigenvalue weighted by Gasteiger charge is -2.03. The van der Waals surface area contributed by atoms with Gasteiger partial charge in [0.05, 0.1) is 5.52 Å². The van der Waals surface area contributed by atoms with Gasteiger partial charge >= 0.3 is 0 Å². The van der Waals surface area contributed by atoms with Crippen LogP contribution in [0.3, 0.4) is 0 Å². The van der Waals surface area contributed by atoms with Gasteiger partial charge in [0.2, 0.25) is 0 Å². The number of nitrogens with zero attached hydrogens (tertiary/aromatic N) is 1. The molecule has 1 aromatic heterocycles. The molecule has 1 aromatic carbocycles. The molecule has 2 heteroatoms. The van der Waals surface area contributed by atoms with Gasteiger partial charge < -0.3 is 5.73 Å². The van der Waals surface area contributed by atoms with E-state index in [-0.39, 0.29) is 0 Å². The molecular formula is C13H16N2. The molecule has 2 rings (SSSR count). The first kappa shape index (κ1) is 10.1. The predicted molar refractivity (Wildman–Crippen MR) is 63.9 cm³/mol. The fraction of sp³-hybridized carbons (Fsp3) is 0.308. The monoisotopic (exact) mass is 200 g/mol. The van der Waals surface area contributed by atoms with Crippen LogP contribution in [0.1, 0.15) is 18.2 Å². The van der Waals surface area contributed by atoms with Gasteiger partial charge in [-0.25, -0.2) is 0 Å². The molecule has 78 valence electrons. The lowest BCUT2D eigenvalue weighted by molar-refractivity contribution is 0.932. The van der Waals surface area contributed by atoms with Gasteiger partial charge in [0, 0.05) is 17.5 Å². The zero-order valence-corrected chi connectivity index (χ0v) is 9.03. The maximum atomic E-state index is 5.51. The Bertz CT molecular complexity index is 463. The Balaban J connectivity index is 2.45. The lowest BCUT2D eigenvalue weighted by Crippen LogP contribution is -2.04. The molecule has 0 aliphatic rings. The SMILES string of the molecule is CCc1ccc2nc(CCN)ccc2c1. The van der Waals surface area contributed by atoms with Crippen molar-refractivity contribution in [3.05, 3.63) is 41.6 Å². The Morgan fingerprint density at radius 3 is 2.80 bits per heavy atom. The van der Waals surface area contributed by atoms with Crippen molar-refractivity contribution in [3.8, 4) is 0 Å². The van der Waals surface area contributed by atoms with E-state index in [1.54, 1.807) is 0 Å². The van der Waals surface area contributed by atoms with Crippen LogP contribution in [0.15, 0.2) is 30.3 Å². The smallest absolute Gasteiger partial charge is 0.0705 e.